The highest BCUT2D eigenvalue weighted by molar-refractivity contribution is 5.91. The number of nitrogens with two attached hydrogens (primary N) is 1. The highest BCUT2D eigenvalue weighted by atomic mass is 14.6. The summed E-state index contributed by atoms with van der Waals surface area (Å²) in [6.45, 7) is 4.23. The fourth-order valence-corrected chi connectivity index (χ4v) is 5.05. The maximum absolute atomic E-state index is 6.37. The summed E-state index contributed by atoms with van der Waals surface area (Å²) in [7, 11) is 0. The van der Waals surface area contributed by atoms with Gasteiger partial charge < -0.3 is 5.73 Å². The molecular formula is C24H27N. The van der Waals surface area contributed by atoms with E-state index in [9.17, 15) is 0 Å². The van der Waals surface area contributed by atoms with E-state index in [2.05, 4.69) is 68.5 Å². The summed E-state index contributed by atoms with van der Waals surface area (Å²) in [4.78, 5) is 0. The second-order valence-corrected chi connectivity index (χ2v) is 7.59. The molecule has 1 saturated carbocycles. The van der Waals surface area contributed by atoms with Gasteiger partial charge in [0.2, 0.25) is 0 Å². The Hall–Kier alpha value is -2.28. The smallest absolute Gasteiger partial charge is 0.0212 e. The van der Waals surface area contributed by atoms with Crippen LogP contribution in [0.4, 0.5) is 0 Å². The molecule has 0 radical (unpaired) electrons. The van der Waals surface area contributed by atoms with Crippen LogP contribution in [0.5, 0.6) is 0 Å². The average Bonchev–Trinajstić information content (AvgIpc) is 3.20. The molecule has 0 aliphatic heterocycles. The zero-order chi connectivity index (χ0) is 17.4. The lowest BCUT2D eigenvalue weighted by Crippen LogP contribution is -2.20. The Kier molecular flexibility index (Phi) is 4.03. The van der Waals surface area contributed by atoms with Gasteiger partial charge in [-0.1, -0.05) is 67.4 Å². The molecule has 25 heavy (non-hydrogen) atoms. The third-order valence-electron chi connectivity index (χ3n) is 6.04. The van der Waals surface area contributed by atoms with Gasteiger partial charge in [0.05, 0.1) is 0 Å². The molecule has 2 aliphatic carbocycles. The zero-order valence-electron chi connectivity index (χ0n) is 15.3. The second kappa shape index (κ2) is 6.22. The monoisotopic (exact) mass is 329 g/mol. The first-order chi connectivity index (χ1) is 12.2. The van der Waals surface area contributed by atoms with Crippen LogP contribution in [0.25, 0.3) is 5.57 Å². The van der Waals surface area contributed by atoms with Crippen molar-refractivity contribution in [1.82, 2.24) is 0 Å². The van der Waals surface area contributed by atoms with Crippen LogP contribution >= 0.6 is 0 Å². The van der Waals surface area contributed by atoms with Crippen LogP contribution < -0.4 is 5.73 Å². The van der Waals surface area contributed by atoms with Gasteiger partial charge in [0.25, 0.3) is 0 Å². The van der Waals surface area contributed by atoms with Gasteiger partial charge in [-0.15, -0.1) is 0 Å². The molecule has 0 atom stereocenters. The molecule has 0 aromatic heterocycles. The maximum atomic E-state index is 6.37. The van der Waals surface area contributed by atoms with Crippen molar-refractivity contribution in [3.63, 3.8) is 0 Å². The van der Waals surface area contributed by atoms with Gasteiger partial charge in [-0.25, -0.2) is 0 Å². The third kappa shape index (κ3) is 2.54. The van der Waals surface area contributed by atoms with Crippen LogP contribution in [-0.2, 0) is 11.8 Å². The van der Waals surface area contributed by atoms with Crippen molar-refractivity contribution >= 4 is 5.57 Å². The third-order valence-corrected chi connectivity index (χ3v) is 6.04. The van der Waals surface area contributed by atoms with Crippen LogP contribution in [0.3, 0.4) is 0 Å². The maximum Gasteiger partial charge on any atom is 0.0212 e. The van der Waals surface area contributed by atoms with Crippen molar-refractivity contribution < 1.29 is 0 Å². The van der Waals surface area contributed by atoms with Crippen molar-refractivity contribution in [3.8, 4) is 0 Å². The quantitative estimate of drug-likeness (QED) is 0.747. The minimum absolute atomic E-state index is 0.214. The Morgan fingerprint density at radius 2 is 1.76 bits per heavy atom. The highest BCUT2D eigenvalue weighted by Crippen LogP contribution is 2.58. The van der Waals surface area contributed by atoms with E-state index < -0.39 is 0 Å². The molecule has 128 valence electrons. The Balaban J connectivity index is 1.84. The van der Waals surface area contributed by atoms with Gasteiger partial charge in [-0.2, -0.15) is 0 Å². The average molecular weight is 329 g/mol. The summed E-state index contributed by atoms with van der Waals surface area (Å²) in [5.41, 5.74) is 15.9. The van der Waals surface area contributed by atoms with E-state index >= 15 is 0 Å². The molecule has 0 bridgehead atoms. The van der Waals surface area contributed by atoms with Crippen molar-refractivity contribution in [2.45, 2.75) is 51.4 Å². The molecule has 0 heterocycles. The van der Waals surface area contributed by atoms with Gasteiger partial charge in [0, 0.05) is 16.7 Å². The lowest BCUT2D eigenvalue weighted by atomic mass is 9.76. The lowest BCUT2D eigenvalue weighted by molar-refractivity contribution is 0.549. The van der Waals surface area contributed by atoms with Crippen LogP contribution in [0.1, 0.15) is 61.8 Å². The summed E-state index contributed by atoms with van der Waals surface area (Å²) < 4.78 is 0. The first-order valence-corrected chi connectivity index (χ1v) is 9.47. The number of allylic oxidation sites excluding steroid dienone is 4. The predicted octanol–water partition coefficient (Wildman–Crippen LogP) is 5.74. The van der Waals surface area contributed by atoms with E-state index in [0.717, 1.165) is 12.1 Å². The fourth-order valence-electron chi connectivity index (χ4n) is 5.05. The Bertz CT molecular complexity index is 845. The summed E-state index contributed by atoms with van der Waals surface area (Å²) in [6.07, 6.45) is 8.44. The molecule has 2 aromatic carbocycles. The SMILES string of the molecule is CC=C1/C(=C(\C)N)c2cc(Cc3ccccc3)ccc2C12CCCC2. The van der Waals surface area contributed by atoms with Crippen LogP contribution in [0.15, 0.2) is 65.9 Å². The molecule has 0 saturated heterocycles. The molecule has 1 nitrogen and oxygen atoms in total. The standard InChI is InChI=1S/C24H27N/c1-3-21-23(17(2)25)20-16-19(15-18-9-5-4-6-10-18)11-12-22(20)24(21)13-7-8-14-24/h3-6,9-12,16H,7-8,13-15,25H2,1-2H3/b21-3?,23-17+. The molecule has 2 aromatic rings. The largest absolute Gasteiger partial charge is 0.402 e. The van der Waals surface area contributed by atoms with Crippen molar-refractivity contribution in [3.05, 3.63) is 88.1 Å². The first kappa shape index (κ1) is 16.2. The number of hydrogen-bond donors (Lipinski definition) is 1. The minimum Gasteiger partial charge on any atom is -0.402 e. The molecule has 0 unspecified atom stereocenters. The Labute approximate surface area is 151 Å². The molecule has 1 heteroatoms. The van der Waals surface area contributed by atoms with Crippen LogP contribution in [-0.4, -0.2) is 0 Å². The van der Waals surface area contributed by atoms with Gasteiger partial charge in [0.1, 0.15) is 0 Å². The van der Waals surface area contributed by atoms with Crippen molar-refractivity contribution in [1.29, 1.82) is 0 Å². The normalized spacial score (nSPS) is 21.8. The van der Waals surface area contributed by atoms with Crippen molar-refractivity contribution in [2.24, 2.45) is 5.73 Å². The van der Waals surface area contributed by atoms with Crippen molar-refractivity contribution in [2.75, 3.05) is 0 Å². The first-order valence-electron chi connectivity index (χ1n) is 9.47. The van der Waals surface area contributed by atoms with E-state index in [1.807, 2.05) is 0 Å². The van der Waals surface area contributed by atoms with Gasteiger partial charge >= 0.3 is 0 Å². The second-order valence-electron chi connectivity index (χ2n) is 7.59. The van der Waals surface area contributed by atoms with E-state index in [1.165, 1.54) is 59.1 Å². The van der Waals surface area contributed by atoms with Gasteiger partial charge in [-0.05, 0) is 60.9 Å². The summed E-state index contributed by atoms with van der Waals surface area (Å²) in [5, 5.41) is 0. The molecule has 2 aliphatic rings. The number of benzene rings is 2. The van der Waals surface area contributed by atoms with E-state index in [1.54, 1.807) is 0 Å². The van der Waals surface area contributed by atoms with E-state index in [-0.39, 0.29) is 5.41 Å². The summed E-state index contributed by atoms with van der Waals surface area (Å²) >= 11 is 0. The van der Waals surface area contributed by atoms with Gasteiger partial charge in [-0.3, -0.25) is 0 Å². The Morgan fingerprint density at radius 3 is 2.40 bits per heavy atom. The predicted molar refractivity (Wildman–Crippen MR) is 106 cm³/mol. The lowest BCUT2D eigenvalue weighted by Gasteiger charge is -2.27. The molecule has 0 amide bonds. The highest BCUT2D eigenvalue weighted by Gasteiger charge is 2.47. The topological polar surface area (TPSA) is 26.0 Å². The molecular weight excluding hydrogens is 302 g/mol. The molecule has 2 N–H and O–H groups in total. The summed E-state index contributed by atoms with van der Waals surface area (Å²) in [6, 6.07) is 17.8. The van der Waals surface area contributed by atoms with Gasteiger partial charge in [0.15, 0.2) is 0 Å². The minimum atomic E-state index is 0.214. The summed E-state index contributed by atoms with van der Waals surface area (Å²) in [5.74, 6) is 0. The van der Waals surface area contributed by atoms with Crippen LogP contribution in [0, 0.1) is 0 Å². The molecule has 4 rings (SSSR count). The fraction of sp³-hybridized carbons (Fsp3) is 0.333. The Morgan fingerprint density at radius 1 is 1.04 bits per heavy atom. The number of fused-ring (bicyclic) bond motifs is 2. The molecule has 1 fully saturated rings. The van der Waals surface area contributed by atoms with Crippen LogP contribution in [0.2, 0.25) is 0 Å². The van der Waals surface area contributed by atoms with E-state index in [0.29, 0.717) is 0 Å². The molecule has 1 spiro atoms. The number of hydrogen-bond acceptors (Lipinski definition) is 1. The number of rotatable bonds is 2. The van der Waals surface area contributed by atoms with E-state index in [4.69, 9.17) is 5.73 Å². The zero-order valence-corrected chi connectivity index (χ0v) is 15.3.